The molecule has 2 aromatic rings. The second-order valence-electron chi connectivity index (χ2n) is 6.71. The highest BCUT2D eigenvalue weighted by Gasteiger charge is 2.26. The first kappa shape index (κ1) is 16.9. The zero-order valence-electron chi connectivity index (χ0n) is 14.3. The van der Waals surface area contributed by atoms with Gasteiger partial charge in [0.1, 0.15) is 0 Å². The van der Waals surface area contributed by atoms with E-state index in [2.05, 4.69) is 49.2 Å². The van der Waals surface area contributed by atoms with E-state index in [4.69, 9.17) is 0 Å². The van der Waals surface area contributed by atoms with Crippen LogP contribution in [0.3, 0.4) is 0 Å². The smallest absolute Gasteiger partial charge is 0.157 e. The van der Waals surface area contributed by atoms with Crippen molar-refractivity contribution in [3.63, 3.8) is 0 Å². The van der Waals surface area contributed by atoms with Gasteiger partial charge in [0, 0.05) is 30.7 Å². The van der Waals surface area contributed by atoms with Crippen molar-refractivity contribution in [3.8, 4) is 0 Å². The third-order valence-corrected chi connectivity index (χ3v) is 4.47. The van der Waals surface area contributed by atoms with E-state index in [1.54, 1.807) is 0 Å². The Balaban J connectivity index is 2.01. The number of fused-ring (bicyclic) bond motifs is 1. The second-order valence-corrected chi connectivity index (χ2v) is 6.71. The SMILES string of the molecule is CCC(C)C(C)(O)CNCc1cnc2c(cnn2C(C)C)c1. The first-order chi connectivity index (χ1) is 10.3. The summed E-state index contributed by atoms with van der Waals surface area (Å²) in [6, 6.07) is 2.42. The Morgan fingerprint density at radius 1 is 1.32 bits per heavy atom. The predicted octanol–water partition coefficient (Wildman–Crippen LogP) is 2.90. The van der Waals surface area contributed by atoms with E-state index in [0.717, 1.165) is 23.0 Å². The number of hydrogen-bond donors (Lipinski definition) is 2. The van der Waals surface area contributed by atoms with E-state index in [9.17, 15) is 5.11 Å². The lowest BCUT2D eigenvalue weighted by Crippen LogP contribution is -2.42. The fourth-order valence-electron chi connectivity index (χ4n) is 2.53. The largest absolute Gasteiger partial charge is 0.389 e. The fourth-order valence-corrected chi connectivity index (χ4v) is 2.53. The minimum atomic E-state index is -0.686. The van der Waals surface area contributed by atoms with Gasteiger partial charge in [0.25, 0.3) is 0 Å². The molecular formula is C17H28N4O. The van der Waals surface area contributed by atoms with Crippen molar-refractivity contribution in [2.45, 2.75) is 59.2 Å². The van der Waals surface area contributed by atoms with Gasteiger partial charge in [-0.1, -0.05) is 20.3 Å². The Bertz CT molecular complexity index is 618. The molecule has 0 spiro atoms. The van der Waals surface area contributed by atoms with E-state index in [1.807, 2.05) is 24.0 Å². The van der Waals surface area contributed by atoms with E-state index in [-0.39, 0.29) is 5.92 Å². The van der Waals surface area contributed by atoms with Crippen molar-refractivity contribution in [2.24, 2.45) is 5.92 Å². The lowest BCUT2D eigenvalue weighted by atomic mass is 9.88. The zero-order chi connectivity index (χ0) is 16.3. The summed E-state index contributed by atoms with van der Waals surface area (Å²) in [5.41, 5.74) is 1.34. The highest BCUT2D eigenvalue weighted by molar-refractivity contribution is 5.75. The molecule has 2 atom stereocenters. The zero-order valence-corrected chi connectivity index (χ0v) is 14.3. The molecule has 2 unspecified atom stereocenters. The van der Waals surface area contributed by atoms with Crippen molar-refractivity contribution < 1.29 is 5.11 Å². The second kappa shape index (κ2) is 6.75. The van der Waals surface area contributed by atoms with Gasteiger partial charge in [-0.15, -0.1) is 0 Å². The van der Waals surface area contributed by atoms with Gasteiger partial charge in [-0.25, -0.2) is 9.67 Å². The van der Waals surface area contributed by atoms with Gasteiger partial charge in [0.05, 0.1) is 11.8 Å². The van der Waals surface area contributed by atoms with Gasteiger partial charge in [-0.05, 0) is 38.3 Å². The van der Waals surface area contributed by atoms with Gasteiger partial charge in [-0.3, -0.25) is 0 Å². The average molecular weight is 304 g/mol. The van der Waals surface area contributed by atoms with Crippen LogP contribution < -0.4 is 5.32 Å². The maximum atomic E-state index is 10.4. The molecule has 2 heterocycles. The molecule has 5 heteroatoms. The third kappa shape index (κ3) is 3.65. The molecule has 22 heavy (non-hydrogen) atoms. The summed E-state index contributed by atoms with van der Waals surface area (Å²) in [4.78, 5) is 4.53. The third-order valence-electron chi connectivity index (χ3n) is 4.47. The molecular weight excluding hydrogens is 276 g/mol. The summed E-state index contributed by atoms with van der Waals surface area (Å²) in [6.45, 7) is 11.5. The van der Waals surface area contributed by atoms with Crippen LogP contribution in [0.2, 0.25) is 0 Å². The van der Waals surface area contributed by atoms with E-state index >= 15 is 0 Å². The van der Waals surface area contributed by atoms with Gasteiger partial charge in [0.15, 0.2) is 5.65 Å². The lowest BCUT2D eigenvalue weighted by Gasteiger charge is -2.30. The molecule has 122 valence electrons. The molecule has 0 saturated heterocycles. The molecule has 0 aromatic carbocycles. The molecule has 0 radical (unpaired) electrons. The minimum absolute atomic E-state index is 0.268. The average Bonchev–Trinajstić information content (AvgIpc) is 2.89. The number of nitrogens with zero attached hydrogens (tertiary/aromatic N) is 3. The number of nitrogens with one attached hydrogen (secondary N) is 1. The monoisotopic (exact) mass is 304 g/mol. The molecule has 2 rings (SSSR count). The number of aromatic nitrogens is 3. The van der Waals surface area contributed by atoms with Crippen LogP contribution in [-0.2, 0) is 6.54 Å². The summed E-state index contributed by atoms with van der Waals surface area (Å²) in [5.74, 6) is 0.268. The first-order valence-electron chi connectivity index (χ1n) is 8.10. The number of pyridine rings is 1. The minimum Gasteiger partial charge on any atom is -0.389 e. The van der Waals surface area contributed by atoms with Crippen molar-refractivity contribution in [3.05, 3.63) is 24.0 Å². The molecule has 0 amide bonds. The number of rotatable bonds is 7. The molecule has 0 aliphatic carbocycles. The Kier molecular flexibility index (Phi) is 5.19. The quantitative estimate of drug-likeness (QED) is 0.825. The van der Waals surface area contributed by atoms with E-state index in [0.29, 0.717) is 19.1 Å². The van der Waals surface area contributed by atoms with Crippen LogP contribution in [-0.4, -0.2) is 32.0 Å². The molecule has 0 bridgehead atoms. The Morgan fingerprint density at radius 3 is 2.68 bits per heavy atom. The van der Waals surface area contributed by atoms with Gasteiger partial charge >= 0.3 is 0 Å². The van der Waals surface area contributed by atoms with Crippen LogP contribution in [0.25, 0.3) is 11.0 Å². The Hall–Kier alpha value is -1.46. The van der Waals surface area contributed by atoms with Crippen LogP contribution in [0, 0.1) is 5.92 Å². The van der Waals surface area contributed by atoms with E-state index < -0.39 is 5.60 Å². The highest BCUT2D eigenvalue weighted by atomic mass is 16.3. The number of aliphatic hydroxyl groups is 1. The molecule has 2 aromatic heterocycles. The standard InChI is InChI=1S/C17H28N4O/c1-6-13(4)17(5,22)11-18-8-14-7-15-10-20-21(12(2)3)16(15)19-9-14/h7,9-10,12-13,18,22H,6,8,11H2,1-5H3. The van der Waals surface area contributed by atoms with Crippen molar-refractivity contribution in [1.82, 2.24) is 20.1 Å². The normalized spacial score (nSPS) is 16.1. The molecule has 0 aliphatic rings. The van der Waals surface area contributed by atoms with Crippen LogP contribution in [0.1, 0.15) is 52.6 Å². The Morgan fingerprint density at radius 2 is 2.05 bits per heavy atom. The molecule has 0 fully saturated rings. The summed E-state index contributed by atoms with van der Waals surface area (Å²) >= 11 is 0. The topological polar surface area (TPSA) is 63.0 Å². The van der Waals surface area contributed by atoms with Crippen LogP contribution in [0.15, 0.2) is 18.5 Å². The summed E-state index contributed by atoms with van der Waals surface area (Å²) in [5, 5.41) is 19.2. The molecule has 0 aliphatic heterocycles. The van der Waals surface area contributed by atoms with Gasteiger partial charge < -0.3 is 10.4 Å². The van der Waals surface area contributed by atoms with Crippen LogP contribution in [0.4, 0.5) is 0 Å². The summed E-state index contributed by atoms with van der Waals surface area (Å²) in [6.07, 6.45) is 4.71. The molecule has 2 N–H and O–H groups in total. The predicted molar refractivity (Wildman–Crippen MR) is 89.7 cm³/mol. The molecule has 5 nitrogen and oxygen atoms in total. The van der Waals surface area contributed by atoms with E-state index in [1.165, 1.54) is 0 Å². The van der Waals surface area contributed by atoms with Gasteiger partial charge in [0.2, 0.25) is 0 Å². The summed E-state index contributed by atoms with van der Waals surface area (Å²) in [7, 11) is 0. The highest BCUT2D eigenvalue weighted by Crippen LogP contribution is 2.19. The van der Waals surface area contributed by atoms with Crippen LogP contribution >= 0.6 is 0 Å². The van der Waals surface area contributed by atoms with Crippen molar-refractivity contribution >= 4 is 11.0 Å². The Labute approximate surface area is 132 Å². The fraction of sp³-hybridized carbons (Fsp3) is 0.647. The maximum absolute atomic E-state index is 10.4. The lowest BCUT2D eigenvalue weighted by molar-refractivity contribution is 0.00534. The summed E-state index contributed by atoms with van der Waals surface area (Å²) < 4.78 is 1.93. The number of hydrogen-bond acceptors (Lipinski definition) is 4. The van der Waals surface area contributed by atoms with Gasteiger partial charge in [-0.2, -0.15) is 5.10 Å². The van der Waals surface area contributed by atoms with Crippen molar-refractivity contribution in [1.29, 1.82) is 0 Å². The van der Waals surface area contributed by atoms with Crippen LogP contribution in [0.5, 0.6) is 0 Å². The molecule has 0 saturated carbocycles. The van der Waals surface area contributed by atoms with Crippen molar-refractivity contribution in [2.75, 3.05) is 6.54 Å². The maximum Gasteiger partial charge on any atom is 0.157 e. The first-order valence-corrected chi connectivity index (χ1v) is 8.10.